The van der Waals surface area contributed by atoms with E-state index < -0.39 is 0 Å². The van der Waals surface area contributed by atoms with Crippen molar-refractivity contribution in [3.05, 3.63) is 82.3 Å². The summed E-state index contributed by atoms with van der Waals surface area (Å²) >= 11 is 5.24. The van der Waals surface area contributed by atoms with Gasteiger partial charge >= 0.3 is 0 Å². The number of hydrogen-bond acceptors (Lipinski definition) is 8. The molecule has 198 valence electrons. The van der Waals surface area contributed by atoms with Crippen LogP contribution >= 0.6 is 27.7 Å². The Morgan fingerprint density at radius 3 is 2.63 bits per heavy atom. The molecule has 0 bridgehead atoms. The predicted octanol–water partition coefficient (Wildman–Crippen LogP) is 5.03. The topological polar surface area (TPSA) is 103 Å². The number of nitrogens with one attached hydrogen (secondary N) is 2. The first-order chi connectivity index (χ1) is 18.5. The number of carbonyl (C=O) groups excluding carboxylic acids is 1. The van der Waals surface area contributed by atoms with E-state index >= 15 is 0 Å². The molecule has 0 aliphatic rings. The van der Waals surface area contributed by atoms with Crippen LogP contribution in [-0.2, 0) is 11.3 Å². The number of aryl methyl sites for hydroxylation is 1. The molecule has 0 radical (unpaired) electrons. The summed E-state index contributed by atoms with van der Waals surface area (Å²) in [5.74, 6) is 1.70. The van der Waals surface area contributed by atoms with E-state index in [1.165, 1.54) is 0 Å². The SMILES string of the molecule is COc1cc(CNCCCSc2nnnn2-c2ccccc2)c(Br)cc1OCC(=O)Nc1ccc(C)cc1. The lowest BCUT2D eigenvalue weighted by Crippen LogP contribution is -2.20. The number of benzene rings is 3. The van der Waals surface area contributed by atoms with Crippen molar-refractivity contribution in [1.29, 1.82) is 0 Å². The van der Waals surface area contributed by atoms with Crippen molar-refractivity contribution in [2.45, 2.75) is 25.0 Å². The Hall–Kier alpha value is -3.41. The van der Waals surface area contributed by atoms with Crippen molar-refractivity contribution >= 4 is 39.3 Å². The number of amides is 1. The van der Waals surface area contributed by atoms with Crippen LogP contribution in [0.5, 0.6) is 11.5 Å². The van der Waals surface area contributed by atoms with E-state index in [1.54, 1.807) is 23.6 Å². The molecule has 0 aliphatic carbocycles. The first-order valence-electron chi connectivity index (χ1n) is 12.1. The molecule has 0 aliphatic heterocycles. The zero-order valence-electron chi connectivity index (χ0n) is 21.2. The molecule has 9 nitrogen and oxygen atoms in total. The van der Waals surface area contributed by atoms with Gasteiger partial charge in [0, 0.05) is 22.5 Å². The predicted molar refractivity (Wildman–Crippen MR) is 152 cm³/mol. The molecule has 0 atom stereocenters. The van der Waals surface area contributed by atoms with Crippen molar-refractivity contribution in [2.75, 3.05) is 31.3 Å². The number of thioether (sulfide) groups is 1. The van der Waals surface area contributed by atoms with Gasteiger partial charge in [0.2, 0.25) is 5.16 Å². The van der Waals surface area contributed by atoms with Crippen LogP contribution in [0.15, 0.2) is 76.4 Å². The summed E-state index contributed by atoms with van der Waals surface area (Å²) < 4.78 is 13.9. The number of anilines is 1. The Labute approximate surface area is 234 Å². The summed E-state index contributed by atoms with van der Waals surface area (Å²) in [6.45, 7) is 3.35. The summed E-state index contributed by atoms with van der Waals surface area (Å²) in [4.78, 5) is 12.3. The summed E-state index contributed by atoms with van der Waals surface area (Å²) in [6.07, 6.45) is 0.943. The number of methoxy groups -OCH3 is 1. The van der Waals surface area contributed by atoms with Crippen LogP contribution < -0.4 is 20.1 Å². The third-order valence-corrected chi connectivity index (χ3v) is 7.26. The fourth-order valence-electron chi connectivity index (χ4n) is 3.55. The third-order valence-electron chi connectivity index (χ3n) is 5.51. The second-order valence-electron chi connectivity index (χ2n) is 8.38. The number of nitrogens with zero attached hydrogens (tertiary/aromatic N) is 4. The largest absolute Gasteiger partial charge is 0.493 e. The molecule has 1 aromatic heterocycles. The van der Waals surface area contributed by atoms with Gasteiger partial charge in [0.25, 0.3) is 5.91 Å². The van der Waals surface area contributed by atoms with Crippen molar-refractivity contribution in [3.8, 4) is 17.2 Å². The zero-order chi connectivity index (χ0) is 26.7. The van der Waals surface area contributed by atoms with Crippen molar-refractivity contribution in [3.63, 3.8) is 0 Å². The molecule has 38 heavy (non-hydrogen) atoms. The maximum absolute atomic E-state index is 12.3. The van der Waals surface area contributed by atoms with Gasteiger partial charge in [-0.05, 0) is 72.3 Å². The van der Waals surface area contributed by atoms with E-state index in [-0.39, 0.29) is 12.5 Å². The Morgan fingerprint density at radius 1 is 1.08 bits per heavy atom. The van der Waals surface area contributed by atoms with Crippen LogP contribution in [-0.4, -0.2) is 52.1 Å². The number of tetrazole rings is 1. The third kappa shape index (κ3) is 7.80. The van der Waals surface area contributed by atoms with Crippen LogP contribution in [0.4, 0.5) is 5.69 Å². The number of halogens is 1. The van der Waals surface area contributed by atoms with Gasteiger partial charge in [-0.3, -0.25) is 4.79 Å². The first-order valence-corrected chi connectivity index (χ1v) is 13.8. The van der Waals surface area contributed by atoms with Gasteiger partial charge in [-0.25, -0.2) is 0 Å². The van der Waals surface area contributed by atoms with Crippen LogP contribution in [0.3, 0.4) is 0 Å². The number of carbonyl (C=O) groups is 1. The van der Waals surface area contributed by atoms with Gasteiger partial charge in [0.05, 0.1) is 12.8 Å². The van der Waals surface area contributed by atoms with Gasteiger partial charge in [0.1, 0.15) is 0 Å². The Bertz CT molecular complexity index is 1330. The van der Waals surface area contributed by atoms with E-state index in [2.05, 4.69) is 42.1 Å². The Kier molecular flexibility index (Phi) is 10.1. The highest BCUT2D eigenvalue weighted by Gasteiger charge is 2.13. The molecule has 0 fully saturated rings. The maximum atomic E-state index is 12.3. The van der Waals surface area contributed by atoms with E-state index in [1.807, 2.05) is 73.7 Å². The lowest BCUT2D eigenvalue weighted by Gasteiger charge is -2.14. The molecule has 0 unspecified atom stereocenters. The number of aromatic nitrogens is 4. The van der Waals surface area contributed by atoms with Crippen LogP contribution in [0, 0.1) is 6.92 Å². The van der Waals surface area contributed by atoms with Gasteiger partial charge in [-0.1, -0.05) is 63.6 Å². The first kappa shape index (κ1) is 27.6. The standard InChI is InChI=1S/C27H29BrN6O3S/c1-19-9-11-21(12-10-19)30-26(35)18-37-25-16-23(28)20(15-24(25)36-2)17-29-13-6-14-38-27-31-32-33-34(27)22-7-4-3-5-8-22/h3-5,7-12,15-16,29H,6,13-14,17-18H2,1-2H3,(H,30,35). The molecule has 0 saturated carbocycles. The lowest BCUT2D eigenvalue weighted by atomic mass is 10.2. The zero-order valence-corrected chi connectivity index (χ0v) is 23.6. The fourth-order valence-corrected chi connectivity index (χ4v) is 4.84. The smallest absolute Gasteiger partial charge is 0.262 e. The normalized spacial score (nSPS) is 10.8. The monoisotopic (exact) mass is 596 g/mol. The molecule has 4 aromatic rings. The van der Waals surface area contributed by atoms with Crippen molar-refractivity contribution in [1.82, 2.24) is 25.5 Å². The maximum Gasteiger partial charge on any atom is 0.262 e. The highest BCUT2D eigenvalue weighted by atomic mass is 79.9. The average molecular weight is 598 g/mol. The molecule has 4 rings (SSSR count). The summed E-state index contributed by atoms with van der Waals surface area (Å²) in [5.41, 5.74) is 3.83. The molecule has 3 aromatic carbocycles. The lowest BCUT2D eigenvalue weighted by molar-refractivity contribution is -0.118. The summed E-state index contributed by atoms with van der Waals surface area (Å²) in [7, 11) is 1.58. The summed E-state index contributed by atoms with van der Waals surface area (Å²) in [6, 6.07) is 21.2. The Morgan fingerprint density at radius 2 is 1.87 bits per heavy atom. The second-order valence-corrected chi connectivity index (χ2v) is 10.3. The minimum atomic E-state index is -0.242. The fraction of sp³-hybridized carbons (Fsp3) is 0.259. The second kappa shape index (κ2) is 13.9. The molecular weight excluding hydrogens is 568 g/mol. The van der Waals surface area contributed by atoms with Crippen molar-refractivity contribution < 1.29 is 14.3 Å². The van der Waals surface area contributed by atoms with Crippen LogP contribution in [0.1, 0.15) is 17.5 Å². The minimum Gasteiger partial charge on any atom is -0.493 e. The van der Waals surface area contributed by atoms with Gasteiger partial charge in [-0.2, -0.15) is 4.68 Å². The van der Waals surface area contributed by atoms with Crippen LogP contribution in [0.25, 0.3) is 5.69 Å². The number of rotatable bonds is 13. The molecule has 2 N–H and O–H groups in total. The Balaban J connectivity index is 1.22. The highest BCUT2D eigenvalue weighted by Crippen LogP contribution is 2.33. The van der Waals surface area contributed by atoms with Gasteiger partial charge in [0.15, 0.2) is 18.1 Å². The van der Waals surface area contributed by atoms with E-state index in [0.717, 1.165) is 50.8 Å². The molecular formula is C27H29BrN6O3S. The summed E-state index contributed by atoms with van der Waals surface area (Å²) in [5, 5.41) is 19.1. The number of para-hydroxylation sites is 1. The van der Waals surface area contributed by atoms with E-state index in [9.17, 15) is 4.79 Å². The minimum absolute atomic E-state index is 0.126. The van der Waals surface area contributed by atoms with E-state index in [0.29, 0.717) is 18.0 Å². The molecule has 1 heterocycles. The average Bonchev–Trinajstić information content (AvgIpc) is 3.40. The van der Waals surface area contributed by atoms with Crippen molar-refractivity contribution in [2.24, 2.45) is 0 Å². The number of ether oxygens (including phenoxy) is 2. The molecule has 1 amide bonds. The molecule has 0 saturated heterocycles. The molecule has 11 heteroatoms. The van der Waals surface area contributed by atoms with Crippen LogP contribution in [0.2, 0.25) is 0 Å². The highest BCUT2D eigenvalue weighted by molar-refractivity contribution is 9.10. The quantitative estimate of drug-likeness (QED) is 0.164. The number of hydrogen-bond donors (Lipinski definition) is 2. The van der Waals surface area contributed by atoms with Gasteiger partial charge in [-0.15, -0.1) is 5.10 Å². The molecule has 0 spiro atoms. The van der Waals surface area contributed by atoms with Gasteiger partial charge < -0.3 is 20.1 Å². The van der Waals surface area contributed by atoms with E-state index in [4.69, 9.17) is 9.47 Å².